The number of hydrogen-bond donors (Lipinski definition) is 1. The van der Waals surface area contributed by atoms with Crippen LogP contribution in [0.4, 0.5) is 5.95 Å². The van der Waals surface area contributed by atoms with E-state index in [4.69, 9.17) is 0 Å². The summed E-state index contributed by atoms with van der Waals surface area (Å²) in [7, 11) is 0. The fraction of sp³-hybridized carbons (Fsp3) is 0.636. The average Bonchev–Trinajstić information content (AvgIpc) is 2.13. The molecule has 0 atom stereocenters. The molecule has 0 spiro atoms. The van der Waals surface area contributed by atoms with Crippen LogP contribution in [0, 0.1) is 0 Å². The number of anilines is 1. The Morgan fingerprint density at radius 2 is 1.83 bits per heavy atom. The summed E-state index contributed by atoms with van der Waals surface area (Å²) in [5.74, 6) is -0.292. The van der Waals surface area contributed by atoms with Crippen molar-refractivity contribution in [1.82, 2.24) is 14.5 Å². The van der Waals surface area contributed by atoms with E-state index in [9.17, 15) is 14.4 Å². The van der Waals surface area contributed by atoms with Crippen LogP contribution < -0.4 is 16.3 Å². The minimum Gasteiger partial charge on any atom is -0.280 e. The van der Waals surface area contributed by atoms with Crippen LogP contribution in [0.2, 0.25) is 0 Å². The Morgan fingerprint density at radius 1 is 1.28 bits per heavy atom. The lowest BCUT2D eigenvalue weighted by atomic mass is 10.3. The Morgan fingerprint density at radius 3 is 2.17 bits per heavy atom. The Kier molecular flexibility index (Phi) is 4.05. The first-order chi connectivity index (χ1) is 8.25. The Bertz CT molecular complexity index is 525. The van der Waals surface area contributed by atoms with Crippen LogP contribution in [0.25, 0.3) is 0 Å². The maximum atomic E-state index is 11.8. The van der Waals surface area contributed by atoms with Crippen molar-refractivity contribution in [3.8, 4) is 0 Å². The fourth-order valence-corrected chi connectivity index (χ4v) is 1.74. The second-order valence-electron chi connectivity index (χ2n) is 4.59. The molecule has 0 saturated carbocycles. The van der Waals surface area contributed by atoms with Crippen LogP contribution in [0.15, 0.2) is 9.59 Å². The number of carbonyl (C=O) groups is 1. The summed E-state index contributed by atoms with van der Waals surface area (Å²) in [6.07, 6.45) is 0. The quantitative estimate of drug-likeness (QED) is 0.838. The van der Waals surface area contributed by atoms with Gasteiger partial charge in [0.15, 0.2) is 0 Å². The Labute approximate surface area is 104 Å². The second kappa shape index (κ2) is 5.16. The molecule has 0 saturated heterocycles. The minimum atomic E-state index is -0.657. The van der Waals surface area contributed by atoms with E-state index in [1.54, 1.807) is 27.7 Å². The van der Waals surface area contributed by atoms with E-state index in [0.29, 0.717) is 0 Å². The molecule has 0 unspecified atom stereocenters. The molecule has 1 aromatic heterocycles. The van der Waals surface area contributed by atoms with Gasteiger partial charge in [-0.15, -0.1) is 0 Å². The van der Waals surface area contributed by atoms with Crippen LogP contribution in [0.3, 0.4) is 0 Å². The molecule has 0 aromatic carbocycles. The number of carbonyl (C=O) groups excluding carboxylic acids is 1. The van der Waals surface area contributed by atoms with Crippen molar-refractivity contribution in [3.63, 3.8) is 0 Å². The molecule has 1 heterocycles. The van der Waals surface area contributed by atoms with E-state index in [1.807, 2.05) is 0 Å². The molecule has 1 aromatic rings. The third kappa shape index (κ3) is 2.66. The highest BCUT2D eigenvalue weighted by Crippen LogP contribution is 2.08. The number of nitrogens with one attached hydrogen (secondary N) is 1. The molecular weight excluding hydrogens is 236 g/mol. The third-order valence-electron chi connectivity index (χ3n) is 2.45. The predicted molar refractivity (Wildman–Crippen MR) is 67.8 cm³/mol. The van der Waals surface area contributed by atoms with E-state index in [1.165, 1.54) is 11.8 Å². The first-order valence-electron chi connectivity index (χ1n) is 5.78. The number of nitrogens with zero attached hydrogens (tertiary/aromatic N) is 3. The molecule has 0 aliphatic heterocycles. The number of amides is 1. The fourth-order valence-electron chi connectivity index (χ4n) is 1.74. The van der Waals surface area contributed by atoms with Gasteiger partial charge < -0.3 is 0 Å². The average molecular weight is 254 g/mol. The molecule has 0 radical (unpaired) electrons. The molecular formula is C11H18N4O3. The van der Waals surface area contributed by atoms with E-state index in [-0.39, 0.29) is 23.9 Å². The topological polar surface area (TPSA) is 88.1 Å². The molecule has 0 fully saturated rings. The molecule has 100 valence electrons. The van der Waals surface area contributed by atoms with Gasteiger partial charge >= 0.3 is 11.4 Å². The van der Waals surface area contributed by atoms with Gasteiger partial charge in [0.1, 0.15) is 0 Å². The maximum Gasteiger partial charge on any atom is 0.355 e. The van der Waals surface area contributed by atoms with E-state index < -0.39 is 11.4 Å². The molecule has 7 heteroatoms. The smallest absolute Gasteiger partial charge is 0.280 e. The third-order valence-corrected chi connectivity index (χ3v) is 2.45. The van der Waals surface area contributed by atoms with Crippen molar-refractivity contribution < 1.29 is 4.79 Å². The van der Waals surface area contributed by atoms with Crippen LogP contribution in [-0.2, 0) is 4.79 Å². The first-order valence-corrected chi connectivity index (χ1v) is 5.78. The van der Waals surface area contributed by atoms with E-state index >= 15 is 0 Å². The van der Waals surface area contributed by atoms with Gasteiger partial charge in [0, 0.05) is 19.0 Å². The molecule has 1 amide bonds. The summed E-state index contributed by atoms with van der Waals surface area (Å²) >= 11 is 0. The van der Waals surface area contributed by atoms with Crippen LogP contribution in [-0.4, -0.2) is 26.5 Å². The molecule has 18 heavy (non-hydrogen) atoms. The summed E-state index contributed by atoms with van der Waals surface area (Å²) in [6, 6.07) is -0.479. The van der Waals surface area contributed by atoms with Gasteiger partial charge in [-0.25, -0.2) is 14.2 Å². The molecule has 1 N–H and O–H groups in total. The van der Waals surface area contributed by atoms with Crippen molar-refractivity contribution in [3.05, 3.63) is 21.0 Å². The van der Waals surface area contributed by atoms with E-state index in [0.717, 1.165) is 4.57 Å². The Balaban J connectivity index is 3.42. The lowest BCUT2D eigenvalue weighted by molar-refractivity contribution is -0.117. The lowest BCUT2D eigenvalue weighted by Gasteiger charge is -2.23. The van der Waals surface area contributed by atoms with Crippen LogP contribution in [0.5, 0.6) is 0 Å². The summed E-state index contributed by atoms with van der Waals surface area (Å²) in [5.41, 5.74) is -1.22. The van der Waals surface area contributed by atoms with Gasteiger partial charge in [0.05, 0.1) is 0 Å². The molecule has 1 rings (SSSR count). The van der Waals surface area contributed by atoms with Gasteiger partial charge in [0.2, 0.25) is 11.9 Å². The van der Waals surface area contributed by atoms with Crippen molar-refractivity contribution in [1.29, 1.82) is 0 Å². The van der Waals surface area contributed by atoms with Crippen molar-refractivity contribution in [2.45, 2.75) is 46.7 Å². The number of H-pyrrole nitrogens is 1. The SMILES string of the molecule is CC(=O)N(c1nc(=O)n(C(C)C)c(=O)[nH]1)C(C)C. The standard InChI is InChI=1S/C11H18N4O3/c1-6(2)14(8(5)16)9-12-10(17)15(7(3)4)11(18)13-9/h6-7H,1-5H3,(H,12,13,17,18). The zero-order valence-corrected chi connectivity index (χ0v) is 11.2. The highest BCUT2D eigenvalue weighted by Gasteiger charge is 2.19. The summed E-state index contributed by atoms with van der Waals surface area (Å²) < 4.78 is 1.00. The van der Waals surface area contributed by atoms with Gasteiger partial charge in [-0.1, -0.05) is 0 Å². The highest BCUT2D eigenvalue weighted by atomic mass is 16.2. The Hall–Kier alpha value is -1.92. The number of aromatic amines is 1. The monoisotopic (exact) mass is 254 g/mol. The van der Waals surface area contributed by atoms with Gasteiger partial charge in [-0.05, 0) is 27.7 Å². The van der Waals surface area contributed by atoms with Crippen molar-refractivity contribution >= 4 is 11.9 Å². The maximum absolute atomic E-state index is 11.8. The summed E-state index contributed by atoms with van der Waals surface area (Å²) in [6.45, 7) is 8.32. The number of rotatable bonds is 3. The molecule has 0 aliphatic rings. The summed E-state index contributed by atoms with van der Waals surface area (Å²) in [4.78, 5) is 42.5. The molecule has 0 bridgehead atoms. The number of hydrogen-bond acceptors (Lipinski definition) is 4. The van der Waals surface area contributed by atoms with Crippen molar-refractivity contribution in [2.75, 3.05) is 4.90 Å². The van der Waals surface area contributed by atoms with Gasteiger partial charge in [-0.2, -0.15) is 4.98 Å². The molecule has 0 aliphatic carbocycles. The van der Waals surface area contributed by atoms with Gasteiger partial charge in [0.25, 0.3) is 0 Å². The van der Waals surface area contributed by atoms with E-state index in [2.05, 4.69) is 9.97 Å². The zero-order chi connectivity index (χ0) is 14.0. The minimum absolute atomic E-state index is 0.00981. The lowest BCUT2D eigenvalue weighted by Crippen LogP contribution is -2.44. The second-order valence-corrected chi connectivity index (χ2v) is 4.59. The van der Waals surface area contributed by atoms with Crippen LogP contribution in [0.1, 0.15) is 40.7 Å². The largest absolute Gasteiger partial charge is 0.355 e. The van der Waals surface area contributed by atoms with Crippen molar-refractivity contribution in [2.24, 2.45) is 0 Å². The highest BCUT2D eigenvalue weighted by molar-refractivity contribution is 5.89. The predicted octanol–water partition coefficient (Wildman–Crippen LogP) is 0.274. The normalized spacial score (nSPS) is 11.1. The number of aromatic nitrogens is 3. The van der Waals surface area contributed by atoms with Crippen LogP contribution >= 0.6 is 0 Å². The first kappa shape index (κ1) is 14.1. The zero-order valence-electron chi connectivity index (χ0n) is 11.2. The summed E-state index contributed by atoms with van der Waals surface area (Å²) in [5, 5.41) is 0. The molecule has 7 nitrogen and oxygen atoms in total. The van der Waals surface area contributed by atoms with Gasteiger partial charge in [-0.3, -0.25) is 14.7 Å².